The number of hydrogen-bond donors (Lipinski definition) is 0. The summed E-state index contributed by atoms with van der Waals surface area (Å²) in [6.07, 6.45) is 6.84. The Labute approximate surface area is 183 Å². The van der Waals surface area contributed by atoms with Crippen molar-refractivity contribution in [1.29, 1.82) is 0 Å². The Morgan fingerprint density at radius 1 is 1.07 bits per heavy atom. The molecule has 4 aromatic rings. The van der Waals surface area contributed by atoms with Gasteiger partial charge in [-0.3, -0.25) is 14.1 Å². The van der Waals surface area contributed by atoms with Gasteiger partial charge in [0.05, 0.1) is 20.9 Å². The summed E-state index contributed by atoms with van der Waals surface area (Å²) < 4.78 is 3.13. The van der Waals surface area contributed by atoms with Crippen LogP contribution in [-0.4, -0.2) is 32.4 Å². The first kappa shape index (κ1) is 18.7. The second kappa shape index (κ2) is 7.55. The van der Waals surface area contributed by atoms with E-state index in [4.69, 9.17) is 9.97 Å². The van der Waals surface area contributed by atoms with E-state index in [1.54, 1.807) is 17.4 Å². The first-order chi connectivity index (χ1) is 14.7. The number of nitrogens with zero attached hydrogens (tertiary/aromatic N) is 4. The van der Waals surface area contributed by atoms with E-state index >= 15 is 0 Å². The van der Waals surface area contributed by atoms with E-state index in [-0.39, 0.29) is 5.56 Å². The molecule has 0 radical (unpaired) electrons. The Morgan fingerprint density at radius 3 is 2.90 bits per heavy atom. The molecule has 6 rings (SSSR count). The van der Waals surface area contributed by atoms with Crippen molar-refractivity contribution in [3.63, 3.8) is 0 Å². The standard InChI is InChI=1S/C23H24N4OS2/c28-21-12-16(24-23-27(21)18-8-2-4-10-20(18)30-23)14-26-11-5-6-15(13-26)22-25-17-7-1-3-9-19(17)29-22/h1,3,7,9,12,15H,2,4-6,8,10-11,13-14H2/t15-/m1/s1. The van der Waals surface area contributed by atoms with Gasteiger partial charge >= 0.3 is 0 Å². The molecule has 0 unspecified atom stereocenters. The number of aryl methyl sites for hydroxylation is 2. The van der Waals surface area contributed by atoms with Crippen LogP contribution in [0, 0.1) is 0 Å². The predicted octanol–water partition coefficient (Wildman–Crippen LogP) is 4.62. The third kappa shape index (κ3) is 3.29. The quantitative estimate of drug-likeness (QED) is 0.470. The summed E-state index contributed by atoms with van der Waals surface area (Å²) >= 11 is 3.54. The Morgan fingerprint density at radius 2 is 1.97 bits per heavy atom. The highest BCUT2D eigenvalue weighted by Gasteiger charge is 2.25. The van der Waals surface area contributed by atoms with Crippen LogP contribution in [0.4, 0.5) is 0 Å². The number of benzene rings is 1. The van der Waals surface area contributed by atoms with Crippen molar-refractivity contribution < 1.29 is 0 Å². The highest BCUT2D eigenvalue weighted by Crippen LogP contribution is 2.33. The molecule has 30 heavy (non-hydrogen) atoms. The Balaban J connectivity index is 1.25. The highest BCUT2D eigenvalue weighted by atomic mass is 32.1. The SMILES string of the molecule is O=c1cc(CN2CCC[C@@H](c3nc4ccccc4s3)C2)nc2sc3c(n12)CCCC3. The van der Waals surface area contributed by atoms with E-state index < -0.39 is 0 Å². The van der Waals surface area contributed by atoms with Gasteiger partial charge in [-0.2, -0.15) is 0 Å². The van der Waals surface area contributed by atoms with Crippen LogP contribution in [0.25, 0.3) is 15.2 Å². The maximum atomic E-state index is 12.9. The molecule has 0 amide bonds. The monoisotopic (exact) mass is 436 g/mol. The largest absolute Gasteiger partial charge is 0.297 e. The fourth-order valence-corrected chi connectivity index (χ4v) is 7.24. The Kier molecular flexibility index (Phi) is 4.70. The summed E-state index contributed by atoms with van der Waals surface area (Å²) in [5.74, 6) is 0.468. The van der Waals surface area contributed by atoms with Crippen molar-refractivity contribution >= 4 is 37.9 Å². The smallest absolute Gasteiger partial charge is 0.259 e. The summed E-state index contributed by atoms with van der Waals surface area (Å²) in [7, 11) is 0. The number of piperidine rings is 1. The summed E-state index contributed by atoms with van der Waals surface area (Å²) in [6.45, 7) is 2.79. The van der Waals surface area contributed by atoms with E-state index in [1.807, 2.05) is 15.7 Å². The molecule has 1 aromatic carbocycles. The highest BCUT2D eigenvalue weighted by molar-refractivity contribution is 7.18. The minimum Gasteiger partial charge on any atom is -0.297 e. The van der Waals surface area contributed by atoms with Crippen LogP contribution in [0.5, 0.6) is 0 Å². The molecule has 2 aliphatic rings. The molecular weight excluding hydrogens is 412 g/mol. The van der Waals surface area contributed by atoms with Crippen molar-refractivity contribution in [2.24, 2.45) is 0 Å². The predicted molar refractivity (Wildman–Crippen MR) is 123 cm³/mol. The number of aromatic nitrogens is 3. The molecule has 4 heterocycles. The minimum absolute atomic E-state index is 0.0918. The zero-order valence-corrected chi connectivity index (χ0v) is 18.5. The van der Waals surface area contributed by atoms with E-state index in [0.29, 0.717) is 5.92 Å². The molecule has 0 spiro atoms. The molecule has 0 N–H and O–H groups in total. The van der Waals surface area contributed by atoms with Crippen LogP contribution in [0.15, 0.2) is 35.1 Å². The van der Waals surface area contributed by atoms with Gasteiger partial charge in [0.2, 0.25) is 0 Å². The second-order valence-corrected chi connectivity index (χ2v) is 10.6. The molecule has 1 saturated heterocycles. The van der Waals surface area contributed by atoms with Crippen molar-refractivity contribution in [1.82, 2.24) is 19.3 Å². The van der Waals surface area contributed by atoms with Crippen LogP contribution < -0.4 is 5.56 Å². The van der Waals surface area contributed by atoms with Crippen LogP contribution in [0.1, 0.15) is 52.9 Å². The fraction of sp³-hybridized carbons (Fsp3) is 0.435. The summed E-state index contributed by atoms with van der Waals surface area (Å²) in [5, 5.41) is 1.25. The van der Waals surface area contributed by atoms with Crippen molar-refractivity contribution in [3.8, 4) is 0 Å². The Hall–Kier alpha value is -2.09. The number of para-hydroxylation sites is 1. The summed E-state index contributed by atoms with van der Waals surface area (Å²) in [5.41, 5.74) is 3.31. The number of thiazole rings is 2. The Bertz CT molecular complexity index is 1250. The van der Waals surface area contributed by atoms with Gasteiger partial charge in [-0.05, 0) is 57.2 Å². The van der Waals surface area contributed by atoms with Gasteiger partial charge in [0, 0.05) is 35.6 Å². The second-order valence-electron chi connectivity index (χ2n) is 8.48. The van der Waals surface area contributed by atoms with Crippen LogP contribution in [0.3, 0.4) is 0 Å². The molecule has 0 bridgehead atoms. The maximum Gasteiger partial charge on any atom is 0.259 e. The molecule has 1 atom stereocenters. The molecule has 3 aromatic heterocycles. The first-order valence-corrected chi connectivity index (χ1v) is 12.5. The molecule has 1 aliphatic heterocycles. The zero-order chi connectivity index (χ0) is 20.1. The number of hydrogen-bond acceptors (Lipinski definition) is 6. The first-order valence-electron chi connectivity index (χ1n) is 10.9. The lowest BCUT2D eigenvalue weighted by molar-refractivity contribution is 0.198. The van der Waals surface area contributed by atoms with Gasteiger partial charge in [0.1, 0.15) is 0 Å². The normalized spacial score (nSPS) is 20.1. The third-order valence-electron chi connectivity index (χ3n) is 6.37. The maximum absolute atomic E-state index is 12.9. The van der Waals surface area contributed by atoms with E-state index in [2.05, 4.69) is 29.2 Å². The molecular formula is C23H24N4OS2. The fourth-order valence-electron chi connectivity index (χ4n) is 4.92. The average Bonchev–Trinajstić information content (AvgIpc) is 3.35. The van der Waals surface area contributed by atoms with Crippen LogP contribution in [-0.2, 0) is 19.4 Å². The molecule has 1 aliphatic carbocycles. The topological polar surface area (TPSA) is 50.5 Å². The molecule has 7 heteroatoms. The van der Waals surface area contributed by atoms with E-state index in [0.717, 1.165) is 55.1 Å². The van der Waals surface area contributed by atoms with Crippen molar-refractivity contribution in [3.05, 3.63) is 62.0 Å². The van der Waals surface area contributed by atoms with Crippen molar-refractivity contribution in [2.45, 2.75) is 51.0 Å². The van der Waals surface area contributed by atoms with Gasteiger partial charge in [0.15, 0.2) is 4.96 Å². The third-order valence-corrected chi connectivity index (χ3v) is 8.71. The number of likely N-dealkylation sites (tertiary alicyclic amines) is 1. The van der Waals surface area contributed by atoms with Gasteiger partial charge in [-0.25, -0.2) is 9.97 Å². The minimum atomic E-state index is 0.0918. The summed E-state index contributed by atoms with van der Waals surface area (Å²) in [6, 6.07) is 10.2. The van der Waals surface area contributed by atoms with Crippen molar-refractivity contribution in [2.75, 3.05) is 13.1 Å². The van der Waals surface area contributed by atoms with Gasteiger partial charge in [0.25, 0.3) is 5.56 Å². The molecule has 5 nitrogen and oxygen atoms in total. The average molecular weight is 437 g/mol. The lowest BCUT2D eigenvalue weighted by Crippen LogP contribution is -2.34. The lowest BCUT2D eigenvalue weighted by Gasteiger charge is -2.31. The zero-order valence-electron chi connectivity index (χ0n) is 16.8. The number of rotatable bonds is 3. The van der Waals surface area contributed by atoms with Gasteiger partial charge in [-0.1, -0.05) is 12.1 Å². The van der Waals surface area contributed by atoms with Crippen LogP contribution in [0.2, 0.25) is 0 Å². The molecule has 1 fully saturated rings. The lowest BCUT2D eigenvalue weighted by atomic mass is 9.98. The molecule has 0 saturated carbocycles. The van der Waals surface area contributed by atoms with E-state index in [9.17, 15) is 4.79 Å². The summed E-state index contributed by atoms with van der Waals surface area (Å²) in [4.78, 5) is 27.3. The molecule has 154 valence electrons. The van der Waals surface area contributed by atoms with Gasteiger partial charge in [-0.15, -0.1) is 22.7 Å². The van der Waals surface area contributed by atoms with Crippen LogP contribution >= 0.6 is 22.7 Å². The van der Waals surface area contributed by atoms with Gasteiger partial charge < -0.3 is 0 Å². The number of fused-ring (bicyclic) bond motifs is 4. The van der Waals surface area contributed by atoms with E-state index in [1.165, 1.54) is 39.5 Å².